The number of ether oxygens (including phenoxy) is 1. The molecule has 5 nitrogen and oxygen atoms in total. The average Bonchev–Trinajstić information content (AvgIpc) is 2.50. The molecule has 0 bridgehead atoms. The first-order valence-corrected chi connectivity index (χ1v) is 6.52. The van der Waals surface area contributed by atoms with Crippen molar-refractivity contribution in [2.75, 3.05) is 17.2 Å². The van der Waals surface area contributed by atoms with Crippen LogP contribution in [0.3, 0.4) is 0 Å². The van der Waals surface area contributed by atoms with E-state index < -0.39 is 6.09 Å². The summed E-state index contributed by atoms with van der Waals surface area (Å²) in [6.45, 7) is 2.09. The lowest BCUT2D eigenvalue weighted by atomic mass is 10.2. The minimum absolute atomic E-state index is 0.334. The zero-order valence-electron chi connectivity index (χ0n) is 11.6. The monoisotopic (exact) mass is 281 g/mol. The van der Waals surface area contributed by atoms with Gasteiger partial charge in [-0.05, 0) is 49.4 Å². The molecule has 1 amide bonds. The van der Waals surface area contributed by atoms with Gasteiger partial charge >= 0.3 is 6.09 Å². The van der Waals surface area contributed by atoms with Crippen molar-refractivity contribution < 1.29 is 9.53 Å². The first kappa shape index (κ1) is 14.4. The highest BCUT2D eigenvalue weighted by Gasteiger charge is 2.02. The summed E-state index contributed by atoms with van der Waals surface area (Å²) >= 11 is 0. The third-order valence-electron chi connectivity index (χ3n) is 2.69. The number of benzene rings is 2. The zero-order chi connectivity index (χ0) is 15.1. The van der Waals surface area contributed by atoms with Crippen molar-refractivity contribution in [3.05, 3.63) is 54.1 Å². The minimum atomic E-state index is -0.472. The van der Waals surface area contributed by atoms with Crippen molar-refractivity contribution in [1.29, 1.82) is 5.26 Å². The van der Waals surface area contributed by atoms with Crippen LogP contribution in [0.5, 0.6) is 0 Å². The molecule has 2 aromatic rings. The van der Waals surface area contributed by atoms with E-state index in [1.54, 1.807) is 31.2 Å². The Morgan fingerprint density at radius 1 is 1.14 bits per heavy atom. The standard InChI is InChI=1S/C16H15N3O2/c1-2-21-16(20)19-14-8-6-13(7-9-14)18-15-5-3-4-12(10-15)11-17/h3-10,18H,2H2,1H3,(H,19,20). The molecule has 5 heteroatoms. The second kappa shape index (κ2) is 6.96. The molecule has 0 saturated heterocycles. The molecule has 0 saturated carbocycles. The highest BCUT2D eigenvalue weighted by atomic mass is 16.5. The van der Waals surface area contributed by atoms with Gasteiger partial charge in [-0.25, -0.2) is 4.79 Å². The summed E-state index contributed by atoms with van der Waals surface area (Å²) in [6.07, 6.45) is -0.472. The molecule has 0 aromatic heterocycles. The normalized spacial score (nSPS) is 9.52. The molecular weight excluding hydrogens is 266 g/mol. The van der Waals surface area contributed by atoms with Crippen LogP contribution in [0.25, 0.3) is 0 Å². The summed E-state index contributed by atoms with van der Waals surface area (Å²) in [6, 6.07) is 16.5. The molecular formula is C16H15N3O2. The van der Waals surface area contributed by atoms with Crippen LogP contribution in [-0.2, 0) is 4.74 Å². The highest BCUT2D eigenvalue weighted by molar-refractivity contribution is 5.84. The smallest absolute Gasteiger partial charge is 0.411 e. The van der Waals surface area contributed by atoms with E-state index in [0.29, 0.717) is 17.9 Å². The van der Waals surface area contributed by atoms with Crippen molar-refractivity contribution in [3.8, 4) is 6.07 Å². The van der Waals surface area contributed by atoms with Crippen molar-refractivity contribution in [3.63, 3.8) is 0 Å². The molecule has 2 N–H and O–H groups in total. The Kier molecular flexibility index (Phi) is 4.78. The largest absolute Gasteiger partial charge is 0.450 e. The molecule has 106 valence electrons. The number of rotatable bonds is 4. The average molecular weight is 281 g/mol. The lowest BCUT2D eigenvalue weighted by Crippen LogP contribution is -2.13. The fraction of sp³-hybridized carbons (Fsp3) is 0.125. The Bertz CT molecular complexity index is 660. The molecule has 2 rings (SSSR count). The molecule has 2 aromatic carbocycles. The maximum absolute atomic E-state index is 11.3. The summed E-state index contributed by atoms with van der Waals surface area (Å²) in [7, 11) is 0. The van der Waals surface area contributed by atoms with E-state index in [0.717, 1.165) is 11.4 Å². The van der Waals surface area contributed by atoms with Gasteiger partial charge < -0.3 is 10.1 Å². The SMILES string of the molecule is CCOC(=O)Nc1ccc(Nc2cccc(C#N)c2)cc1. The van der Waals surface area contributed by atoms with E-state index in [1.165, 1.54) is 0 Å². The molecule has 0 heterocycles. The molecule has 0 aliphatic heterocycles. The van der Waals surface area contributed by atoms with Gasteiger partial charge in [0.25, 0.3) is 0 Å². The summed E-state index contributed by atoms with van der Waals surface area (Å²) in [5.41, 5.74) is 2.95. The third kappa shape index (κ3) is 4.25. The Morgan fingerprint density at radius 3 is 2.52 bits per heavy atom. The van der Waals surface area contributed by atoms with E-state index in [1.807, 2.05) is 24.3 Å². The third-order valence-corrected chi connectivity index (χ3v) is 2.69. The highest BCUT2D eigenvalue weighted by Crippen LogP contribution is 2.19. The van der Waals surface area contributed by atoms with Gasteiger partial charge in [-0.3, -0.25) is 5.32 Å². The molecule has 0 unspecified atom stereocenters. The first-order chi connectivity index (χ1) is 10.2. The maximum Gasteiger partial charge on any atom is 0.411 e. The number of hydrogen-bond donors (Lipinski definition) is 2. The van der Waals surface area contributed by atoms with Crippen LogP contribution in [0.4, 0.5) is 21.9 Å². The van der Waals surface area contributed by atoms with Crippen LogP contribution in [0, 0.1) is 11.3 Å². The van der Waals surface area contributed by atoms with E-state index in [2.05, 4.69) is 16.7 Å². The number of anilines is 3. The lowest BCUT2D eigenvalue weighted by molar-refractivity contribution is 0.168. The van der Waals surface area contributed by atoms with Gasteiger partial charge in [-0.1, -0.05) is 6.07 Å². The van der Waals surface area contributed by atoms with E-state index in [4.69, 9.17) is 10.00 Å². The van der Waals surface area contributed by atoms with E-state index in [9.17, 15) is 4.79 Å². The summed E-state index contributed by atoms with van der Waals surface area (Å²) < 4.78 is 4.80. The molecule has 0 aliphatic rings. The molecule has 0 aliphatic carbocycles. The number of carbonyl (C=O) groups is 1. The Labute approximate surface area is 123 Å². The quantitative estimate of drug-likeness (QED) is 0.892. The fourth-order valence-corrected chi connectivity index (χ4v) is 1.76. The predicted molar refractivity (Wildman–Crippen MR) is 81.5 cm³/mol. The second-order valence-corrected chi connectivity index (χ2v) is 4.24. The fourth-order valence-electron chi connectivity index (χ4n) is 1.76. The van der Waals surface area contributed by atoms with Crippen molar-refractivity contribution in [2.24, 2.45) is 0 Å². The Morgan fingerprint density at radius 2 is 1.86 bits per heavy atom. The summed E-state index contributed by atoms with van der Waals surface area (Å²) in [4.78, 5) is 11.3. The maximum atomic E-state index is 11.3. The minimum Gasteiger partial charge on any atom is -0.450 e. The van der Waals surface area contributed by atoms with E-state index in [-0.39, 0.29) is 0 Å². The molecule has 0 fully saturated rings. The van der Waals surface area contributed by atoms with E-state index >= 15 is 0 Å². The van der Waals surface area contributed by atoms with Crippen molar-refractivity contribution in [2.45, 2.75) is 6.92 Å². The van der Waals surface area contributed by atoms with Gasteiger partial charge in [0.05, 0.1) is 18.2 Å². The van der Waals surface area contributed by atoms with Gasteiger partial charge in [0.15, 0.2) is 0 Å². The lowest BCUT2D eigenvalue weighted by Gasteiger charge is -2.09. The van der Waals surface area contributed by atoms with Gasteiger partial charge in [0, 0.05) is 17.1 Å². The van der Waals surface area contributed by atoms with Crippen molar-refractivity contribution >= 4 is 23.2 Å². The number of nitriles is 1. The van der Waals surface area contributed by atoms with Crippen molar-refractivity contribution in [1.82, 2.24) is 0 Å². The number of nitrogens with zero attached hydrogens (tertiary/aromatic N) is 1. The Balaban J connectivity index is 2.02. The molecule has 21 heavy (non-hydrogen) atoms. The van der Waals surface area contributed by atoms with Crippen LogP contribution >= 0.6 is 0 Å². The first-order valence-electron chi connectivity index (χ1n) is 6.52. The predicted octanol–water partition coefficient (Wildman–Crippen LogP) is 3.87. The molecule has 0 atom stereocenters. The topological polar surface area (TPSA) is 74.2 Å². The summed E-state index contributed by atoms with van der Waals surface area (Å²) in [5.74, 6) is 0. The second-order valence-electron chi connectivity index (χ2n) is 4.24. The Hall–Kier alpha value is -3.00. The summed E-state index contributed by atoms with van der Waals surface area (Å²) in [5, 5.41) is 14.7. The zero-order valence-corrected chi connectivity index (χ0v) is 11.6. The number of nitrogens with one attached hydrogen (secondary N) is 2. The number of carbonyl (C=O) groups excluding carboxylic acids is 1. The number of hydrogen-bond acceptors (Lipinski definition) is 4. The van der Waals surface area contributed by atoms with Gasteiger partial charge in [0.1, 0.15) is 0 Å². The van der Waals surface area contributed by atoms with Crippen LogP contribution in [0.1, 0.15) is 12.5 Å². The van der Waals surface area contributed by atoms with Crippen LogP contribution in [0.2, 0.25) is 0 Å². The molecule has 0 spiro atoms. The van der Waals surface area contributed by atoms with Crippen LogP contribution in [-0.4, -0.2) is 12.7 Å². The van der Waals surface area contributed by atoms with Gasteiger partial charge in [-0.2, -0.15) is 5.26 Å². The van der Waals surface area contributed by atoms with Crippen LogP contribution < -0.4 is 10.6 Å². The van der Waals surface area contributed by atoms with Gasteiger partial charge in [0.2, 0.25) is 0 Å². The molecule has 0 radical (unpaired) electrons. The van der Waals surface area contributed by atoms with Gasteiger partial charge in [-0.15, -0.1) is 0 Å². The number of amides is 1. The van der Waals surface area contributed by atoms with Crippen LogP contribution in [0.15, 0.2) is 48.5 Å².